The Kier molecular flexibility index (Phi) is 5.71. The van der Waals surface area contributed by atoms with Gasteiger partial charge >= 0.3 is 18.0 Å². The standard InChI is InChI=1S/C13H15BrN2O5/c1-6-3-8(14)4-7(2)11(6)16-13(21)15-9(12(19)20)5-10(17)18/h3-4,9H,5H2,1-2H3,(H,17,18)(H,19,20)(H2,15,16,21)/t9-/m0/s1. The summed E-state index contributed by atoms with van der Waals surface area (Å²) in [6.45, 7) is 3.58. The predicted molar refractivity (Wildman–Crippen MR) is 79.4 cm³/mol. The highest BCUT2D eigenvalue weighted by molar-refractivity contribution is 9.10. The molecule has 0 bridgehead atoms. The van der Waals surface area contributed by atoms with Gasteiger partial charge in [-0.1, -0.05) is 15.9 Å². The first-order chi connectivity index (χ1) is 9.70. The third kappa shape index (κ3) is 5.07. The fourth-order valence-corrected chi connectivity index (χ4v) is 2.48. The lowest BCUT2D eigenvalue weighted by Crippen LogP contribution is -2.44. The molecule has 1 rings (SSSR count). The van der Waals surface area contributed by atoms with Gasteiger partial charge in [0, 0.05) is 10.2 Å². The first-order valence-corrected chi connectivity index (χ1v) is 6.79. The molecule has 0 saturated heterocycles. The maximum atomic E-state index is 11.8. The molecule has 1 aromatic rings. The molecule has 0 aliphatic rings. The van der Waals surface area contributed by atoms with Gasteiger partial charge in [-0.05, 0) is 37.1 Å². The number of hydrogen-bond acceptors (Lipinski definition) is 3. The van der Waals surface area contributed by atoms with Crippen LogP contribution in [0.25, 0.3) is 0 Å². The largest absolute Gasteiger partial charge is 0.481 e. The van der Waals surface area contributed by atoms with E-state index >= 15 is 0 Å². The summed E-state index contributed by atoms with van der Waals surface area (Å²) in [6.07, 6.45) is -0.693. The van der Waals surface area contributed by atoms with Crippen molar-refractivity contribution in [1.82, 2.24) is 5.32 Å². The van der Waals surface area contributed by atoms with Crippen molar-refractivity contribution in [1.29, 1.82) is 0 Å². The van der Waals surface area contributed by atoms with Crippen LogP contribution in [0.3, 0.4) is 0 Å². The molecule has 4 N–H and O–H groups in total. The van der Waals surface area contributed by atoms with Gasteiger partial charge in [0.05, 0.1) is 6.42 Å². The summed E-state index contributed by atoms with van der Waals surface area (Å²) in [6, 6.07) is 1.35. The number of hydrogen-bond donors (Lipinski definition) is 4. The minimum atomic E-state index is -1.49. The normalized spacial score (nSPS) is 11.6. The molecule has 0 saturated carbocycles. The number of carbonyl (C=O) groups is 3. The number of benzene rings is 1. The van der Waals surface area contributed by atoms with Crippen LogP contribution < -0.4 is 10.6 Å². The second-order valence-electron chi connectivity index (χ2n) is 4.50. The Labute approximate surface area is 129 Å². The molecular formula is C13H15BrN2O5. The second-order valence-corrected chi connectivity index (χ2v) is 5.42. The molecule has 7 nitrogen and oxygen atoms in total. The smallest absolute Gasteiger partial charge is 0.326 e. The van der Waals surface area contributed by atoms with E-state index in [1.807, 2.05) is 0 Å². The van der Waals surface area contributed by atoms with Gasteiger partial charge in [0.15, 0.2) is 0 Å². The number of aryl methyl sites for hydroxylation is 2. The first-order valence-electron chi connectivity index (χ1n) is 5.99. The molecule has 0 radical (unpaired) electrons. The third-order valence-corrected chi connectivity index (χ3v) is 3.18. The predicted octanol–water partition coefficient (Wildman–Crippen LogP) is 2.12. The topological polar surface area (TPSA) is 116 Å². The molecule has 114 valence electrons. The van der Waals surface area contributed by atoms with E-state index in [4.69, 9.17) is 10.2 Å². The van der Waals surface area contributed by atoms with Gasteiger partial charge in [0.2, 0.25) is 0 Å². The Morgan fingerprint density at radius 2 is 1.71 bits per heavy atom. The van der Waals surface area contributed by atoms with Crippen molar-refractivity contribution >= 4 is 39.6 Å². The van der Waals surface area contributed by atoms with E-state index in [0.717, 1.165) is 15.6 Å². The number of anilines is 1. The van der Waals surface area contributed by atoms with E-state index < -0.39 is 30.4 Å². The van der Waals surface area contributed by atoms with Crippen LogP contribution in [0.4, 0.5) is 10.5 Å². The van der Waals surface area contributed by atoms with E-state index in [-0.39, 0.29) is 0 Å². The number of urea groups is 1. The zero-order valence-corrected chi connectivity index (χ0v) is 13.0. The fourth-order valence-electron chi connectivity index (χ4n) is 1.79. The van der Waals surface area contributed by atoms with Crippen LogP contribution in [0.1, 0.15) is 17.5 Å². The summed E-state index contributed by atoms with van der Waals surface area (Å²) in [7, 11) is 0. The van der Waals surface area contributed by atoms with Crippen molar-refractivity contribution in [3.05, 3.63) is 27.7 Å². The average Bonchev–Trinajstić information content (AvgIpc) is 2.32. The SMILES string of the molecule is Cc1cc(Br)cc(C)c1NC(=O)N[C@@H](CC(=O)O)C(=O)O. The number of amides is 2. The van der Waals surface area contributed by atoms with Crippen LogP contribution in [0.15, 0.2) is 16.6 Å². The highest BCUT2D eigenvalue weighted by atomic mass is 79.9. The third-order valence-electron chi connectivity index (χ3n) is 2.72. The summed E-state index contributed by atoms with van der Waals surface area (Å²) >= 11 is 3.33. The monoisotopic (exact) mass is 358 g/mol. The van der Waals surface area contributed by atoms with Gasteiger partial charge in [-0.15, -0.1) is 0 Å². The highest BCUT2D eigenvalue weighted by Crippen LogP contribution is 2.24. The molecule has 0 heterocycles. The van der Waals surface area contributed by atoms with Gasteiger partial charge in [-0.25, -0.2) is 9.59 Å². The van der Waals surface area contributed by atoms with Crippen LogP contribution in [-0.4, -0.2) is 34.2 Å². The summed E-state index contributed by atoms with van der Waals surface area (Å²) in [4.78, 5) is 33.3. The maximum Gasteiger partial charge on any atom is 0.326 e. The number of carboxylic acids is 2. The zero-order valence-electron chi connectivity index (χ0n) is 11.4. The van der Waals surface area contributed by atoms with E-state index in [9.17, 15) is 14.4 Å². The Morgan fingerprint density at radius 1 is 1.19 bits per heavy atom. The maximum absolute atomic E-state index is 11.8. The molecule has 0 aliphatic carbocycles. The fraction of sp³-hybridized carbons (Fsp3) is 0.308. The average molecular weight is 359 g/mol. The quantitative estimate of drug-likeness (QED) is 0.643. The highest BCUT2D eigenvalue weighted by Gasteiger charge is 2.23. The van der Waals surface area contributed by atoms with Crippen LogP contribution in [0.5, 0.6) is 0 Å². The minimum Gasteiger partial charge on any atom is -0.481 e. The number of aliphatic carboxylic acids is 2. The number of carbonyl (C=O) groups excluding carboxylic acids is 1. The molecule has 0 unspecified atom stereocenters. The first kappa shape index (κ1) is 17.0. The molecule has 0 spiro atoms. The number of halogens is 1. The Balaban J connectivity index is 2.82. The lowest BCUT2D eigenvalue weighted by atomic mass is 10.1. The van der Waals surface area contributed by atoms with Gasteiger partial charge in [-0.3, -0.25) is 4.79 Å². The molecule has 21 heavy (non-hydrogen) atoms. The summed E-state index contributed by atoms with van der Waals surface area (Å²) < 4.78 is 0.859. The Hall–Kier alpha value is -2.09. The Morgan fingerprint density at radius 3 is 2.14 bits per heavy atom. The van der Waals surface area contributed by atoms with Crippen molar-refractivity contribution in [2.75, 3.05) is 5.32 Å². The van der Waals surface area contributed by atoms with Gasteiger partial charge in [0.1, 0.15) is 6.04 Å². The molecular weight excluding hydrogens is 344 g/mol. The second kappa shape index (κ2) is 7.07. The van der Waals surface area contributed by atoms with Crippen molar-refractivity contribution in [2.45, 2.75) is 26.3 Å². The Bertz CT molecular complexity index is 565. The van der Waals surface area contributed by atoms with E-state index in [0.29, 0.717) is 5.69 Å². The van der Waals surface area contributed by atoms with E-state index in [2.05, 4.69) is 26.6 Å². The number of nitrogens with one attached hydrogen (secondary N) is 2. The summed E-state index contributed by atoms with van der Waals surface area (Å²) in [5.74, 6) is -2.71. The molecule has 1 atom stereocenters. The molecule has 0 fully saturated rings. The van der Waals surface area contributed by atoms with Crippen molar-refractivity contribution in [3.8, 4) is 0 Å². The molecule has 2 amide bonds. The van der Waals surface area contributed by atoms with Crippen molar-refractivity contribution in [2.24, 2.45) is 0 Å². The van der Waals surface area contributed by atoms with Crippen LogP contribution in [0.2, 0.25) is 0 Å². The van der Waals surface area contributed by atoms with E-state index in [1.165, 1.54) is 0 Å². The van der Waals surface area contributed by atoms with Crippen molar-refractivity contribution in [3.63, 3.8) is 0 Å². The molecule has 0 aliphatic heterocycles. The van der Waals surface area contributed by atoms with E-state index in [1.54, 1.807) is 26.0 Å². The summed E-state index contributed by atoms with van der Waals surface area (Å²) in [5.41, 5.74) is 2.14. The van der Waals surface area contributed by atoms with Crippen LogP contribution in [0, 0.1) is 13.8 Å². The molecule has 1 aromatic carbocycles. The van der Waals surface area contributed by atoms with Gasteiger partial charge < -0.3 is 20.8 Å². The summed E-state index contributed by atoms with van der Waals surface area (Å²) in [5, 5.41) is 22.1. The lowest BCUT2D eigenvalue weighted by molar-refractivity contribution is -0.145. The molecule has 0 aromatic heterocycles. The number of carboxylic acid groups (broad SMARTS) is 2. The van der Waals surface area contributed by atoms with Gasteiger partial charge in [0.25, 0.3) is 0 Å². The number of rotatable bonds is 5. The van der Waals surface area contributed by atoms with Gasteiger partial charge in [-0.2, -0.15) is 0 Å². The molecule has 8 heteroatoms. The zero-order chi connectivity index (χ0) is 16.2. The van der Waals surface area contributed by atoms with Crippen molar-refractivity contribution < 1.29 is 24.6 Å². The minimum absolute atomic E-state index is 0.551. The van der Waals surface area contributed by atoms with Crippen LogP contribution >= 0.6 is 15.9 Å². The lowest BCUT2D eigenvalue weighted by Gasteiger charge is -2.16. The van der Waals surface area contributed by atoms with Crippen LogP contribution in [-0.2, 0) is 9.59 Å².